The van der Waals surface area contributed by atoms with E-state index in [0.717, 1.165) is 0 Å². The summed E-state index contributed by atoms with van der Waals surface area (Å²) in [6, 6.07) is 0. The zero-order valence-corrected chi connectivity index (χ0v) is 7.95. The minimum atomic E-state index is -0.787. The van der Waals surface area contributed by atoms with Crippen LogP contribution in [0.2, 0.25) is 0 Å². The Morgan fingerprint density at radius 1 is 1.85 bits per heavy atom. The van der Waals surface area contributed by atoms with Gasteiger partial charge < -0.3 is 9.63 Å². The topological polar surface area (TPSA) is 76.2 Å². The number of aliphatic carboxylic acids is 1. The molecule has 0 saturated heterocycles. The van der Waals surface area contributed by atoms with Crippen molar-refractivity contribution < 1.29 is 14.4 Å². The largest absolute Gasteiger partial charge is 0.481 e. The molecular weight excluding hydrogens is 192 g/mol. The van der Waals surface area contributed by atoms with Crippen LogP contribution in [-0.2, 0) is 10.5 Å². The quantitative estimate of drug-likeness (QED) is 0.772. The first kappa shape index (κ1) is 10.0. The van der Waals surface area contributed by atoms with Crippen molar-refractivity contribution in [3.05, 3.63) is 12.2 Å². The maximum absolute atomic E-state index is 10.3. The van der Waals surface area contributed by atoms with Crippen LogP contribution in [0.1, 0.15) is 19.2 Å². The van der Waals surface area contributed by atoms with Crippen molar-refractivity contribution in [1.82, 2.24) is 10.1 Å². The van der Waals surface area contributed by atoms with Crippen molar-refractivity contribution in [2.75, 3.05) is 0 Å². The van der Waals surface area contributed by atoms with Gasteiger partial charge in [0.25, 0.3) is 0 Å². The lowest BCUT2D eigenvalue weighted by atomic mass is 10.3. The third kappa shape index (κ3) is 3.93. The molecule has 6 heteroatoms. The number of hydrogen-bond donors (Lipinski definition) is 1. The summed E-state index contributed by atoms with van der Waals surface area (Å²) in [5, 5.41) is 12.0. The number of carboxylic acids is 1. The third-order valence-corrected chi connectivity index (χ3v) is 2.51. The van der Waals surface area contributed by atoms with E-state index in [9.17, 15) is 4.79 Å². The highest BCUT2D eigenvalue weighted by Crippen LogP contribution is 2.18. The van der Waals surface area contributed by atoms with E-state index in [-0.39, 0.29) is 11.7 Å². The summed E-state index contributed by atoms with van der Waals surface area (Å²) in [6.45, 7) is 1.86. The zero-order chi connectivity index (χ0) is 9.68. The highest BCUT2D eigenvalue weighted by molar-refractivity contribution is 7.99. The van der Waals surface area contributed by atoms with E-state index in [0.29, 0.717) is 11.6 Å². The maximum Gasteiger partial charge on any atom is 0.304 e. The Kier molecular flexibility index (Phi) is 3.75. The van der Waals surface area contributed by atoms with Gasteiger partial charge in [0, 0.05) is 5.25 Å². The number of hydrogen-bond acceptors (Lipinski definition) is 5. The average molecular weight is 202 g/mol. The summed E-state index contributed by atoms with van der Waals surface area (Å²) in [6.07, 6.45) is 1.48. The van der Waals surface area contributed by atoms with Gasteiger partial charge >= 0.3 is 5.97 Å². The number of carbonyl (C=O) groups is 1. The van der Waals surface area contributed by atoms with Crippen LogP contribution in [0, 0.1) is 0 Å². The highest BCUT2D eigenvalue weighted by Gasteiger charge is 2.09. The molecule has 13 heavy (non-hydrogen) atoms. The summed E-state index contributed by atoms with van der Waals surface area (Å²) >= 11 is 1.49. The molecule has 0 aliphatic carbocycles. The first-order chi connectivity index (χ1) is 6.18. The van der Waals surface area contributed by atoms with E-state index in [4.69, 9.17) is 9.63 Å². The van der Waals surface area contributed by atoms with Crippen molar-refractivity contribution in [3.8, 4) is 0 Å². The Bertz CT molecular complexity index is 263. The first-order valence-corrected chi connectivity index (χ1v) is 4.82. The second-order valence-corrected chi connectivity index (χ2v) is 3.98. The van der Waals surface area contributed by atoms with Gasteiger partial charge in [-0.2, -0.15) is 4.98 Å². The fourth-order valence-electron chi connectivity index (χ4n) is 0.778. The average Bonchev–Trinajstić information content (AvgIpc) is 2.51. The van der Waals surface area contributed by atoms with Gasteiger partial charge in [0.15, 0.2) is 6.33 Å². The Morgan fingerprint density at radius 3 is 3.15 bits per heavy atom. The molecule has 1 aromatic rings. The molecule has 72 valence electrons. The molecule has 1 rings (SSSR count). The number of thioether (sulfide) groups is 1. The van der Waals surface area contributed by atoms with Crippen molar-refractivity contribution in [1.29, 1.82) is 0 Å². The molecule has 0 spiro atoms. The fourth-order valence-corrected chi connectivity index (χ4v) is 1.59. The molecular formula is C7H10N2O3S. The van der Waals surface area contributed by atoms with Crippen LogP contribution >= 0.6 is 11.8 Å². The molecule has 1 unspecified atom stereocenters. The molecule has 0 bridgehead atoms. The molecule has 5 nitrogen and oxygen atoms in total. The van der Waals surface area contributed by atoms with Gasteiger partial charge in [-0.15, -0.1) is 11.8 Å². The predicted octanol–water partition coefficient (Wildman–Crippen LogP) is 1.17. The molecule has 0 aromatic carbocycles. The lowest BCUT2D eigenvalue weighted by molar-refractivity contribution is -0.136. The van der Waals surface area contributed by atoms with Crippen LogP contribution in [0.15, 0.2) is 10.9 Å². The molecule has 0 radical (unpaired) electrons. The third-order valence-electron chi connectivity index (χ3n) is 1.36. The van der Waals surface area contributed by atoms with Crippen LogP contribution in [-0.4, -0.2) is 26.5 Å². The maximum atomic E-state index is 10.3. The molecule has 1 heterocycles. The van der Waals surface area contributed by atoms with Crippen molar-refractivity contribution >= 4 is 17.7 Å². The summed E-state index contributed by atoms with van der Waals surface area (Å²) < 4.78 is 4.76. The smallest absolute Gasteiger partial charge is 0.304 e. The second-order valence-electron chi connectivity index (χ2n) is 2.55. The van der Waals surface area contributed by atoms with E-state index < -0.39 is 5.97 Å². The van der Waals surface area contributed by atoms with E-state index >= 15 is 0 Å². The first-order valence-electron chi connectivity index (χ1n) is 3.77. The van der Waals surface area contributed by atoms with Crippen LogP contribution in [0.25, 0.3) is 0 Å². The lowest BCUT2D eigenvalue weighted by Crippen LogP contribution is -2.05. The van der Waals surface area contributed by atoms with Crippen molar-refractivity contribution in [2.45, 2.75) is 24.3 Å². The summed E-state index contributed by atoms with van der Waals surface area (Å²) in [4.78, 5) is 14.1. The molecule has 0 amide bonds. The Labute approximate surface area is 79.5 Å². The molecule has 0 saturated carbocycles. The van der Waals surface area contributed by atoms with Gasteiger partial charge in [-0.25, -0.2) is 0 Å². The number of rotatable bonds is 5. The van der Waals surface area contributed by atoms with Crippen LogP contribution in [0.3, 0.4) is 0 Å². The second kappa shape index (κ2) is 4.86. The molecule has 0 fully saturated rings. The van der Waals surface area contributed by atoms with E-state index in [1.54, 1.807) is 0 Å². The standard InChI is InChI=1S/C7H10N2O3S/c1-5(2-7(10)11)13-3-6-8-4-9-12-6/h4-5H,2-3H2,1H3,(H,10,11). The molecule has 0 aliphatic heterocycles. The SMILES string of the molecule is CC(CC(=O)O)SCc1ncno1. The summed E-state index contributed by atoms with van der Waals surface area (Å²) in [5.41, 5.74) is 0. The zero-order valence-electron chi connectivity index (χ0n) is 7.14. The molecule has 1 aromatic heterocycles. The van der Waals surface area contributed by atoms with Gasteiger partial charge in [-0.1, -0.05) is 12.1 Å². The minimum absolute atomic E-state index is 0.0596. The van der Waals surface area contributed by atoms with Crippen molar-refractivity contribution in [3.63, 3.8) is 0 Å². The monoisotopic (exact) mass is 202 g/mol. The number of nitrogens with zero attached hydrogens (tertiary/aromatic N) is 2. The highest BCUT2D eigenvalue weighted by atomic mass is 32.2. The van der Waals surface area contributed by atoms with Crippen LogP contribution in [0.4, 0.5) is 0 Å². The minimum Gasteiger partial charge on any atom is -0.481 e. The Hall–Kier alpha value is -1.04. The Morgan fingerprint density at radius 2 is 2.62 bits per heavy atom. The van der Waals surface area contributed by atoms with Gasteiger partial charge in [0.1, 0.15) is 0 Å². The summed E-state index contributed by atoms with van der Waals surface area (Å²) in [5.74, 6) is 0.307. The molecule has 0 aliphatic rings. The number of aromatic nitrogens is 2. The van der Waals surface area contributed by atoms with Gasteiger partial charge in [0.05, 0.1) is 12.2 Å². The predicted molar refractivity (Wildman–Crippen MR) is 47.3 cm³/mol. The van der Waals surface area contributed by atoms with Gasteiger partial charge in [-0.05, 0) is 0 Å². The Balaban J connectivity index is 2.22. The van der Waals surface area contributed by atoms with Gasteiger partial charge in [0.2, 0.25) is 5.89 Å². The van der Waals surface area contributed by atoms with E-state index in [1.165, 1.54) is 18.1 Å². The van der Waals surface area contributed by atoms with Gasteiger partial charge in [-0.3, -0.25) is 4.79 Å². The van der Waals surface area contributed by atoms with Crippen molar-refractivity contribution in [2.24, 2.45) is 0 Å². The molecule has 1 N–H and O–H groups in total. The van der Waals surface area contributed by atoms with Crippen LogP contribution < -0.4 is 0 Å². The number of carboxylic acid groups (broad SMARTS) is 1. The van der Waals surface area contributed by atoms with E-state index in [1.807, 2.05) is 6.92 Å². The normalized spacial score (nSPS) is 12.7. The lowest BCUT2D eigenvalue weighted by Gasteiger charge is -2.04. The van der Waals surface area contributed by atoms with E-state index in [2.05, 4.69) is 10.1 Å². The van der Waals surface area contributed by atoms with Crippen LogP contribution in [0.5, 0.6) is 0 Å². The molecule has 1 atom stereocenters. The summed E-state index contributed by atoms with van der Waals surface area (Å²) in [7, 11) is 0. The fraction of sp³-hybridized carbons (Fsp3) is 0.571.